The summed E-state index contributed by atoms with van der Waals surface area (Å²) in [5.74, 6) is 1.03. The molecule has 2 N–H and O–H groups in total. The van der Waals surface area contributed by atoms with Crippen LogP contribution in [-0.2, 0) is 22.5 Å². The van der Waals surface area contributed by atoms with Gasteiger partial charge in [0.15, 0.2) is 0 Å². The lowest BCUT2D eigenvalue weighted by Gasteiger charge is -2.32. The molecule has 1 saturated carbocycles. The van der Waals surface area contributed by atoms with Crippen molar-refractivity contribution >= 4 is 17.7 Å². The number of benzene rings is 2. The van der Waals surface area contributed by atoms with E-state index in [1.165, 1.54) is 11.1 Å². The summed E-state index contributed by atoms with van der Waals surface area (Å²) in [7, 11) is 3.45. The Labute approximate surface area is 233 Å². The minimum absolute atomic E-state index is 0.0189. The van der Waals surface area contributed by atoms with Crippen LogP contribution in [0.3, 0.4) is 0 Å². The minimum atomic E-state index is -0.424. The first-order chi connectivity index (χ1) is 18.8. The molecule has 4 rings (SSSR count). The van der Waals surface area contributed by atoms with E-state index in [1.807, 2.05) is 36.2 Å². The summed E-state index contributed by atoms with van der Waals surface area (Å²) in [5.41, 5.74) is 4.59. The van der Waals surface area contributed by atoms with Gasteiger partial charge in [0.2, 0.25) is 5.91 Å². The van der Waals surface area contributed by atoms with Gasteiger partial charge in [-0.2, -0.15) is 0 Å². The lowest BCUT2D eigenvalue weighted by Crippen LogP contribution is -2.48. The molecule has 1 saturated heterocycles. The van der Waals surface area contributed by atoms with E-state index in [0.29, 0.717) is 19.1 Å². The molecule has 1 aliphatic heterocycles. The van der Waals surface area contributed by atoms with Crippen LogP contribution >= 0.6 is 0 Å². The second kappa shape index (κ2) is 13.8. The smallest absolute Gasteiger partial charge is 0.406 e. The number of alkyl carbamates (subject to hydrolysis) is 1. The Morgan fingerprint density at radius 3 is 2.64 bits per heavy atom. The molecule has 1 atom stereocenters. The SMILES string of the molecule is CNC(=O)OCCc1cccc(O[C@H]2CC[C@H](C(=O)N(C)c3ccc(CN4CCN[C@@H](C)C4)c(C)c3)CC2)c1. The summed E-state index contributed by atoms with van der Waals surface area (Å²) in [6.45, 7) is 8.81. The zero-order chi connectivity index (χ0) is 27.8. The predicted octanol–water partition coefficient (Wildman–Crippen LogP) is 4.29. The molecule has 212 valence electrons. The van der Waals surface area contributed by atoms with Crippen LogP contribution in [0.2, 0.25) is 0 Å². The van der Waals surface area contributed by atoms with E-state index in [1.54, 1.807) is 7.05 Å². The van der Waals surface area contributed by atoms with Gasteiger partial charge in [-0.3, -0.25) is 9.69 Å². The Kier molecular flexibility index (Phi) is 10.2. The van der Waals surface area contributed by atoms with Crippen molar-refractivity contribution in [3.63, 3.8) is 0 Å². The third-order valence-electron chi connectivity index (χ3n) is 7.94. The molecule has 8 nitrogen and oxygen atoms in total. The molecule has 0 spiro atoms. The highest BCUT2D eigenvalue weighted by Gasteiger charge is 2.30. The van der Waals surface area contributed by atoms with Crippen molar-refractivity contribution in [3.8, 4) is 5.75 Å². The molecule has 39 heavy (non-hydrogen) atoms. The van der Waals surface area contributed by atoms with Crippen LogP contribution in [0.25, 0.3) is 0 Å². The van der Waals surface area contributed by atoms with Gasteiger partial charge in [-0.05, 0) is 80.5 Å². The summed E-state index contributed by atoms with van der Waals surface area (Å²) in [6.07, 6.45) is 3.67. The maximum absolute atomic E-state index is 13.4. The van der Waals surface area contributed by atoms with Gasteiger partial charge in [-0.15, -0.1) is 0 Å². The summed E-state index contributed by atoms with van der Waals surface area (Å²) >= 11 is 0. The van der Waals surface area contributed by atoms with Crippen molar-refractivity contribution in [2.75, 3.05) is 45.2 Å². The summed E-state index contributed by atoms with van der Waals surface area (Å²) in [5, 5.41) is 5.95. The van der Waals surface area contributed by atoms with Crippen molar-refractivity contribution < 1.29 is 19.1 Å². The van der Waals surface area contributed by atoms with Crippen LogP contribution in [0.4, 0.5) is 10.5 Å². The molecule has 8 heteroatoms. The first kappa shape index (κ1) is 28.9. The number of hydrogen-bond acceptors (Lipinski definition) is 6. The maximum Gasteiger partial charge on any atom is 0.406 e. The van der Waals surface area contributed by atoms with Crippen molar-refractivity contribution in [2.24, 2.45) is 5.92 Å². The largest absolute Gasteiger partial charge is 0.490 e. The molecule has 2 amide bonds. The highest BCUT2D eigenvalue weighted by molar-refractivity contribution is 5.94. The van der Waals surface area contributed by atoms with Crippen LogP contribution in [0.15, 0.2) is 42.5 Å². The third kappa shape index (κ3) is 8.19. The minimum Gasteiger partial charge on any atom is -0.490 e. The Balaban J connectivity index is 1.25. The number of rotatable bonds is 9. The molecular weight excluding hydrogens is 492 g/mol. The second-order valence-corrected chi connectivity index (χ2v) is 11.0. The van der Waals surface area contributed by atoms with Crippen molar-refractivity contribution in [2.45, 2.75) is 64.6 Å². The number of nitrogens with one attached hydrogen (secondary N) is 2. The summed E-state index contributed by atoms with van der Waals surface area (Å²) < 4.78 is 11.3. The molecule has 1 heterocycles. The fourth-order valence-electron chi connectivity index (χ4n) is 5.59. The normalized spacial score (nSPS) is 21.7. The van der Waals surface area contributed by atoms with Crippen LogP contribution in [0.1, 0.15) is 49.3 Å². The van der Waals surface area contributed by atoms with E-state index in [4.69, 9.17) is 9.47 Å². The van der Waals surface area contributed by atoms with E-state index in [2.05, 4.69) is 47.6 Å². The second-order valence-electron chi connectivity index (χ2n) is 11.0. The number of carbonyl (C=O) groups is 2. The van der Waals surface area contributed by atoms with E-state index in [-0.39, 0.29) is 17.9 Å². The first-order valence-corrected chi connectivity index (χ1v) is 14.2. The number of nitrogens with zero attached hydrogens (tertiary/aromatic N) is 2. The molecule has 0 bridgehead atoms. The molecule has 1 aliphatic carbocycles. The summed E-state index contributed by atoms with van der Waals surface area (Å²) in [4.78, 5) is 28.9. The van der Waals surface area contributed by atoms with E-state index in [0.717, 1.165) is 68.9 Å². The van der Waals surface area contributed by atoms with Crippen LogP contribution in [0.5, 0.6) is 5.75 Å². The molecule has 2 fully saturated rings. The van der Waals surface area contributed by atoms with Crippen LogP contribution in [-0.4, -0.2) is 69.4 Å². The summed E-state index contributed by atoms with van der Waals surface area (Å²) in [6, 6.07) is 14.9. The van der Waals surface area contributed by atoms with Gasteiger partial charge in [0.05, 0.1) is 12.7 Å². The Morgan fingerprint density at radius 2 is 1.92 bits per heavy atom. The average Bonchev–Trinajstić information content (AvgIpc) is 2.94. The Bertz CT molecular complexity index is 1120. The predicted molar refractivity (Wildman–Crippen MR) is 154 cm³/mol. The zero-order valence-corrected chi connectivity index (χ0v) is 23.9. The van der Waals surface area contributed by atoms with E-state index in [9.17, 15) is 9.59 Å². The number of carbonyl (C=O) groups excluding carboxylic acids is 2. The van der Waals surface area contributed by atoms with Gasteiger partial charge in [-0.25, -0.2) is 4.79 Å². The van der Waals surface area contributed by atoms with Gasteiger partial charge in [-0.1, -0.05) is 18.2 Å². The highest BCUT2D eigenvalue weighted by atomic mass is 16.5. The number of anilines is 1. The molecule has 0 radical (unpaired) electrons. The Hall–Kier alpha value is -3.10. The lowest BCUT2D eigenvalue weighted by molar-refractivity contribution is -0.123. The number of piperazine rings is 1. The van der Waals surface area contributed by atoms with Gasteiger partial charge in [0.1, 0.15) is 5.75 Å². The molecule has 2 aliphatic rings. The molecule has 2 aromatic carbocycles. The topological polar surface area (TPSA) is 83.1 Å². The standard InChI is InChI=1S/C31H44N4O4/c1-22-18-27(11-8-26(22)21-35-16-15-33-23(2)20-35)34(4)30(36)25-9-12-28(13-10-25)39-29-7-5-6-24(19-29)14-17-38-31(37)32-3/h5-8,11,18-19,23,25,28,33H,9-10,12-17,20-21H2,1-4H3,(H,32,37)/t23-,25-,28-/m0/s1. The molecular formula is C31H44N4O4. The highest BCUT2D eigenvalue weighted by Crippen LogP contribution is 2.31. The maximum atomic E-state index is 13.4. The third-order valence-corrected chi connectivity index (χ3v) is 7.94. The average molecular weight is 537 g/mol. The van der Waals surface area contributed by atoms with Crippen molar-refractivity contribution in [1.29, 1.82) is 0 Å². The van der Waals surface area contributed by atoms with Gasteiger partial charge in [0, 0.05) is 64.3 Å². The van der Waals surface area contributed by atoms with Gasteiger partial charge < -0.3 is 25.0 Å². The molecule has 0 aromatic heterocycles. The van der Waals surface area contributed by atoms with Gasteiger partial charge >= 0.3 is 6.09 Å². The zero-order valence-electron chi connectivity index (χ0n) is 23.9. The number of amides is 2. The number of aryl methyl sites for hydroxylation is 1. The lowest BCUT2D eigenvalue weighted by atomic mass is 9.86. The van der Waals surface area contributed by atoms with Gasteiger partial charge in [0.25, 0.3) is 0 Å². The Morgan fingerprint density at radius 1 is 1.13 bits per heavy atom. The molecule has 2 aromatic rings. The van der Waals surface area contributed by atoms with E-state index >= 15 is 0 Å². The van der Waals surface area contributed by atoms with Crippen LogP contribution in [0, 0.1) is 12.8 Å². The fraction of sp³-hybridized carbons (Fsp3) is 0.548. The monoisotopic (exact) mass is 536 g/mol. The quantitative estimate of drug-likeness (QED) is 0.498. The van der Waals surface area contributed by atoms with E-state index < -0.39 is 6.09 Å². The van der Waals surface area contributed by atoms with Crippen LogP contribution < -0.4 is 20.3 Å². The van der Waals surface area contributed by atoms with Crippen molar-refractivity contribution in [3.05, 3.63) is 59.2 Å². The first-order valence-electron chi connectivity index (χ1n) is 14.2. The number of hydrogen-bond donors (Lipinski definition) is 2. The van der Waals surface area contributed by atoms with Crippen molar-refractivity contribution in [1.82, 2.24) is 15.5 Å². The fourth-order valence-corrected chi connectivity index (χ4v) is 5.59. The molecule has 0 unspecified atom stereocenters. The number of ether oxygens (including phenoxy) is 2.